The van der Waals surface area contributed by atoms with Crippen LogP contribution >= 0.6 is 11.6 Å². The smallest absolute Gasteiger partial charge is 0.339 e. The highest BCUT2D eigenvalue weighted by molar-refractivity contribution is 7.92. The highest BCUT2D eigenvalue weighted by Gasteiger charge is 2.20. The lowest BCUT2D eigenvalue weighted by atomic mass is 10.1. The molecule has 0 bridgehead atoms. The minimum atomic E-state index is -3.85. The molecule has 5 nitrogen and oxygen atoms in total. The van der Waals surface area contributed by atoms with Gasteiger partial charge in [-0.1, -0.05) is 23.7 Å². The van der Waals surface area contributed by atoms with Crippen LogP contribution in [0.4, 0.5) is 5.69 Å². The van der Waals surface area contributed by atoms with Crippen LogP contribution in [0.3, 0.4) is 0 Å². The predicted octanol–water partition coefficient (Wildman–Crippen LogP) is 3.54. The van der Waals surface area contributed by atoms with Gasteiger partial charge in [0, 0.05) is 0 Å². The molecule has 0 saturated heterocycles. The first-order valence-corrected chi connectivity index (χ1v) is 8.59. The Kier molecular flexibility index (Phi) is 4.97. The highest BCUT2D eigenvalue weighted by atomic mass is 35.5. The summed E-state index contributed by atoms with van der Waals surface area (Å²) in [5, 5.41) is 0.127. The second-order valence-electron chi connectivity index (χ2n) is 4.99. The number of anilines is 1. The van der Waals surface area contributed by atoms with Gasteiger partial charge in [0.1, 0.15) is 0 Å². The van der Waals surface area contributed by atoms with Gasteiger partial charge in [-0.3, -0.25) is 4.72 Å². The van der Waals surface area contributed by atoms with Gasteiger partial charge in [0.15, 0.2) is 0 Å². The molecule has 7 heteroatoms. The average molecular weight is 354 g/mol. The molecular formula is C16H16ClNO4S. The summed E-state index contributed by atoms with van der Waals surface area (Å²) in [7, 11) is -2.65. The van der Waals surface area contributed by atoms with E-state index < -0.39 is 16.0 Å². The number of ether oxygens (including phenoxy) is 1. The SMILES string of the molecule is COC(=O)c1cc(S(=O)(=O)Nc2cccc(C)c2C)ccc1Cl. The van der Waals surface area contributed by atoms with Gasteiger partial charge in [-0.2, -0.15) is 0 Å². The van der Waals surface area contributed by atoms with E-state index in [1.165, 1.54) is 25.3 Å². The molecule has 0 aliphatic rings. The number of carbonyl (C=O) groups is 1. The number of esters is 1. The van der Waals surface area contributed by atoms with E-state index in [4.69, 9.17) is 11.6 Å². The number of hydrogen-bond acceptors (Lipinski definition) is 4. The topological polar surface area (TPSA) is 72.5 Å². The number of hydrogen-bond donors (Lipinski definition) is 1. The molecule has 0 spiro atoms. The Hall–Kier alpha value is -2.05. The third-order valence-corrected chi connectivity index (χ3v) is 5.20. The van der Waals surface area contributed by atoms with Crippen molar-refractivity contribution in [1.82, 2.24) is 0 Å². The van der Waals surface area contributed by atoms with Crippen LogP contribution in [0.5, 0.6) is 0 Å². The molecule has 0 radical (unpaired) electrons. The minimum absolute atomic E-state index is 0.00185. The second-order valence-corrected chi connectivity index (χ2v) is 7.08. The van der Waals surface area contributed by atoms with Crippen molar-refractivity contribution < 1.29 is 17.9 Å². The van der Waals surface area contributed by atoms with Crippen molar-refractivity contribution in [3.8, 4) is 0 Å². The monoisotopic (exact) mass is 353 g/mol. The maximum absolute atomic E-state index is 12.5. The molecule has 0 unspecified atom stereocenters. The van der Waals surface area contributed by atoms with E-state index in [0.29, 0.717) is 5.69 Å². The molecule has 0 amide bonds. The predicted molar refractivity (Wildman–Crippen MR) is 89.5 cm³/mol. The van der Waals surface area contributed by atoms with Crippen LogP contribution in [0.15, 0.2) is 41.3 Å². The third kappa shape index (κ3) is 3.65. The zero-order valence-corrected chi connectivity index (χ0v) is 14.5. The molecule has 2 aromatic carbocycles. The van der Waals surface area contributed by atoms with Gasteiger partial charge in [-0.15, -0.1) is 0 Å². The van der Waals surface area contributed by atoms with Crippen molar-refractivity contribution in [2.75, 3.05) is 11.8 Å². The van der Waals surface area contributed by atoms with Crippen LogP contribution in [0.2, 0.25) is 5.02 Å². The van der Waals surface area contributed by atoms with E-state index in [1.807, 2.05) is 19.9 Å². The summed E-state index contributed by atoms with van der Waals surface area (Å²) < 4.78 is 32.2. The van der Waals surface area contributed by atoms with Gasteiger partial charge in [0.2, 0.25) is 0 Å². The molecule has 1 N–H and O–H groups in total. The largest absolute Gasteiger partial charge is 0.465 e. The zero-order chi connectivity index (χ0) is 17.2. The van der Waals surface area contributed by atoms with E-state index >= 15 is 0 Å². The lowest BCUT2D eigenvalue weighted by Crippen LogP contribution is -2.15. The molecule has 0 aliphatic carbocycles. The van der Waals surface area contributed by atoms with Gasteiger partial charge >= 0.3 is 5.97 Å². The lowest BCUT2D eigenvalue weighted by Gasteiger charge is -2.13. The summed E-state index contributed by atoms with van der Waals surface area (Å²) in [6, 6.07) is 9.22. The highest BCUT2D eigenvalue weighted by Crippen LogP contribution is 2.25. The van der Waals surface area contributed by atoms with Crippen LogP contribution in [-0.4, -0.2) is 21.5 Å². The Labute approximate surface area is 140 Å². The number of halogens is 1. The van der Waals surface area contributed by atoms with Crippen LogP contribution in [-0.2, 0) is 14.8 Å². The Morgan fingerprint density at radius 3 is 2.52 bits per heavy atom. The molecule has 2 rings (SSSR count). The summed E-state index contributed by atoms with van der Waals surface area (Å²) in [5.74, 6) is -0.696. The molecule has 0 fully saturated rings. The second kappa shape index (κ2) is 6.60. The quantitative estimate of drug-likeness (QED) is 0.853. The summed E-state index contributed by atoms with van der Waals surface area (Å²) in [4.78, 5) is 11.6. The van der Waals surface area contributed by atoms with Crippen molar-refractivity contribution >= 4 is 33.3 Å². The molecular weight excluding hydrogens is 338 g/mol. The van der Waals surface area contributed by atoms with Crippen LogP contribution < -0.4 is 4.72 Å². The van der Waals surface area contributed by atoms with Crippen molar-refractivity contribution in [2.45, 2.75) is 18.7 Å². The van der Waals surface area contributed by atoms with Crippen LogP contribution in [0, 0.1) is 13.8 Å². The first-order chi connectivity index (χ1) is 10.8. The van der Waals surface area contributed by atoms with Crippen LogP contribution in [0.1, 0.15) is 21.5 Å². The number of benzene rings is 2. The number of sulfonamides is 1. The van der Waals surface area contributed by atoms with E-state index in [9.17, 15) is 13.2 Å². The van der Waals surface area contributed by atoms with Crippen molar-refractivity contribution in [1.29, 1.82) is 0 Å². The maximum atomic E-state index is 12.5. The summed E-state index contributed by atoms with van der Waals surface area (Å²) >= 11 is 5.91. The lowest BCUT2D eigenvalue weighted by molar-refractivity contribution is 0.0600. The number of nitrogens with one attached hydrogen (secondary N) is 1. The fourth-order valence-corrected chi connectivity index (χ4v) is 3.35. The molecule has 2 aromatic rings. The van der Waals surface area contributed by atoms with Gasteiger partial charge in [-0.05, 0) is 49.2 Å². The molecule has 122 valence electrons. The van der Waals surface area contributed by atoms with E-state index in [2.05, 4.69) is 9.46 Å². The van der Waals surface area contributed by atoms with Crippen molar-refractivity contribution in [3.05, 3.63) is 58.1 Å². The average Bonchev–Trinajstić information content (AvgIpc) is 2.51. The van der Waals surface area contributed by atoms with E-state index in [-0.39, 0.29) is 15.5 Å². The molecule has 23 heavy (non-hydrogen) atoms. The van der Waals surface area contributed by atoms with E-state index in [1.54, 1.807) is 12.1 Å². The fourth-order valence-electron chi connectivity index (χ4n) is 2.00. The number of rotatable bonds is 4. The standard InChI is InChI=1S/C16H16ClNO4S/c1-10-5-4-6-15(11(10)2)18-23(20,21)12-7-8-14(17)13(9-12)16(19)22-3/h4-9,18H,1-3H3. The molecule has 0 aliphatic heterocycles. The Morgan fingerprint density at radius 1 is 1.17 bits per heavy atom. The summed E-state index contributed by atoms with van der Waals surface area (Å²) in [6.07, 6.45) is 0. The normalized spacial score (nSPS) is 11.1. The molecule has 0 saturated carbocycles. The fraction of sp³-hybridized carbons (Fsp3) is 0.188. The molecule has 0 aromatic heterocycles. The Bertz CT molecular complexity index is 862. The number of methoxy groups -OCH3 is 1. The van der Waals surface area contributed by atoms with Gasteiger partial charge in [0.05, 0.1) is 28.3 Å². The van der Waals surface area contributed by atoms with Crippen molar-refractivity contribution in [2.24, 2.45) is 0 Å². The Morgan fingerprint density at radius 2 is 1.87 bits per heavy atom. The first kappa shape index (κ1) is 17.3. The van der Waals surface area contributed by atoms with Gasteiger partial charge in [0.25, 0.3) is 10.0 Å². The van der Waals surface area contributed by atoms with E-state index in [0.717, 1.165) is 11.1 Å². The number of carbonyl (C=O) groups excluding carboxylic acids is 1. The molecule has 0 heterocycles. The van der Waals surface area contributed by atoms with Gasteiger partial charge in [-0.25, -0.2) is 13.2 Å². The molecule has 0 atom stereocenters. The zero-order valence-electron chi connectivity index (χ0n) is 12.9. The third-order valence-electron chi connectivity index (χ3n) is 3.50. The maximum Gasteiger partial charge on any atom is 0.339 e. The summed E-state index contributed by atoms with van der Waals surface area (Å²) in [5.41, 5.74) is 2.28. The van der Waals surface area contributed by atoms with Gasteiger partial charge < -0.3 is 4.74 Å². The summed E-state index contributed by atoms with van der Waals surface area (Å²) in [6.45, 7) is 3.72. The Balaban J connectivity index is 2.44. The van der Waals surface area contributed by atoms with Crippen LogP contribution in [0.25, 0.3) is 0 Å². The van der Waals surface area contributed by atoms with Crippen molar-refractivity contribution in [3.63, 3.8) is 0 Å². The minimum Gasteiger partial charge on any atom is -0.465 e. The first-order valence-electron chi connectivity index (χ1n) is 6.73. The number of aryl methyl sites for hydroxylation is 1.